The molecule has 0 saturated carbocycles. The number of nitrogens with one attached hydrogen (secondary N) is 2. The minimum Gasteiger partial charge on any atom is -0.326 e. The van der Waals surface area contributed by atoms with E-state index in [4.69, 9.17) is 11.6 Å². The van der Waals surface area contributed by atoms with E-state index in [0.717, 1.165) is 12.1 Å². The van der Waals surface area contributed by atoms with Crippen molar-refractivity contribution in [1.82, 2.24) is 4.98 Å². The molecule has 2 amide bonds. The van der Waals surface area contributed by atoms with Gasteiger partial charge < -0.3 is 5.32 Å². The van der Waals surface area contributed by atoms with E-state index in [1.54, 1.807) is 29.6 Å². The van der Waals surface area contributed by atoms with Crippen LogP contribution in [0.25, 0.3) is 0 Å². The van der Waals surface area contributed by atoms with Gasteiger partial charge in [-0.05, 0) is 48.4 Å². The van der Waals surface area contributed by atoms with Crippen LogP contribution in [0.15, 0.2) is 53.9 Å². The first kappa shape index (κ1) is 19.1. The van der Waals surface area contributed by atoms with Gasteiger partial charge >= 0.3 is 0 Å². The standard InChI is InChI=1S/C20H18ClN3O2S/c1-2-13-3-9-16(10-4-13)22-18(25)11-17-12-27-20(23-17)24-19(26)14-5-7-15(21)8-6-14/h3-10,12H,2,11H2,1H3,(H,22,25)(H,23,24,26). The van der Waals surface area contributed by atoms with Crippen molar-refractivity contribution in [2.24, 2.45) is 0 Å². The zero-order valence-corrected chi connectivity index (χ0v) is 16.2. The van der Waals surface area contributed by atoms with Crippen molar-refractivity contribution in [3.05, 3.63) is 75.8 Å². The number of benzene rings is 2. The number of rotatable bonds is 6. The molecule has 5 nitrogen and oxygen atoms in total. The highest BCUT2D eigenvalue weighted by molar-refractivity contribution is 7.14. The Hall–Kier alpha value is -2.70. The average Bonchev–Trinajstić information content (AvgIpc) is 3.09. The molecule has 0 aliphatic carbocycles. The molecule has 0 aliphatic heterocycles. The molecule has 0 radical (unpaired) electrons. The summed E-state index contributed by atoms with van der Waals surface area (Å²) in [7, 11) is 0. The van der Waals surface area contributed by atoms with Crippen LogP contribution in [0, 0.1) is 0 Å². The second-order valence-corrected chi connectivity index (χ2v) is 7.17. The summed E-state index contributed by atoms with van der Waals surface area (Å²) in [5.41, 5.74) is 3.07. The third-order valence-corrected chi connectivity index (χ3v) is 4.92. The zero-order valence-electron chi connectivity index (χ0n) is 14.7. The van der Waals surface area contributed by atoms with Gasteiger partial charge in [-0.15, -0.1) is 11.3 Å². The average molecular weight is 400 g/mol. The van der Waals surface area contributed by atoms with E-state index in [1.165, 1.54) is 16.9 Å². The van der Waals surface area contributed by atoms with E-state index in [-0.39, 0.29) is 18.2 Å². The first-order valence-electron chi connectivity index (χ1n) is 8.43. The largest absolute Gasteiger partial charge is 0.326 e. The normalized spacial score (nSPS) is 10.4. The monoisotopic (exact) mass is 399 g/mol. The van der Waals surface area contributed by atoms with E-state index >= 15 is 0 Å². The lowest BCUT2D eigenvalue weighted by Crippen LogP contribution is -2.15. The molecule has 0 spiro atoms. The molecule has 0 fully saturated rings. The summed E-state index contributed by atoms with van der Waals surface area (Å²) in [5.74, 6) is -0.423. The summed E-state index contributed by atoms with van der Waals surface area (Å²) in [6.07, 6.45) is 1.10. The third kappa shape index (κ3) is 5.39. The fourth-order valence-corrected chi connectivity index (χ4v) is 3.24. The Kier molecular flexibility index (Phi) is 6.21. The van der Waals surface area contributed by atoms with Gasteiger partial charge in [-0.3, -0.25) is 14.9 Å². The summed E-state index contributed by atoms with van der Waals surface area (Å²) >= 11 is 7.10. The van der Waals surface area contributed by atoms with Crippen LogP contribution in [0.4, 0.5) is 10.8 Å². The minimum absolute atomic E-state index is 0.142. The smallest absolute Gasteiger partial charge is 0.257 e. The molecule has 0 unspecified atom stereocenters. The zero-order chi connectivity index (χ0) is 19.2. The van der Waals surface area contributed by atoms with Crippen molar-refractivity contribution < 1.29 is 9.59 Å². The van der Waals surface area contributed by atoms with Crippen LogP contribution < -0.4 is 10.6 Å². The number of halogens is 1. The number of carbonyl (C=O) groups is 2. The molecule has 3 rings (SSSR count). The maximum atomic E-state index is 12.2. The minimum atomic E-state index is -0.270. The molecule has 0 aliphatic rings. The Morgan fingerprint density at radius 3 is 2.41 bits per heavy atom. The Morgan fingerprint density at radius 2 is 1.74 bits per heavy atom. The summed E-state index contributed by atoms with van der Waals surface area (Å²) < 4.78 is 0. The second-order valence-electron chi connectivity index (χ2n) is 5.88. The van der Waals surface area contributed by atoms with Crippen LogP contribution in [0.3, 0.4) is 0 Å². The number of carbonyl (C=O) groups excluding carboxylic acids is 2. The van der Waals surface area contributed by atoms with Gasteiger partial charge in [0, 0.05) is 21.7 Å². The first-order valence-corrected chi connectivity index (χ1v) is 9.69. The molecule has 2 N–H and O–H groups in total. The molecular weight excluding hydrogens is 382 g/mol. The topological polar surface area (TPSA) is 71.1 Å². The highest BCUT2D eigenvalue weighted by Crippen LogP contribution is 2.18. The second kappa shape index (κ2) is 8.79. The fraction of sp³-hybridized carbons (Fsp3) is 0.150. The van der Waals surface area contributed by atoms with Crippen LogP contribution in [0.5, 0.6) is 0 Å². The molecule has 138 valence electrons. The lowest BCUT2D eigenvalue weighted by molar-refractivity contribution is -0.115. The van der Waals surface area contributed by atoms with Crippen LogP contribution in [0.1, 0.15) is 28.5 Å². The quantitative estimate of drug-likeness (QED) is 0.625. The Morgan fingerprint density at radius 1 is 1.04 bits per heavy atom. The Balaban J connectivity index is 1.55. The van der Waals surface area contributed by atoms with Crippen LogP contribution in [-0.4, -0.2) is 16.8 Å². The van der Waals surface area contributed by atoms with Gasteiger partial charge in [-0.1, -0.05) is 30.7 Å². The van der Waals surface area contributed by atoms with Gasteiger partial charge in [-0.2, -0.15) is 0 Å². The highest BCUT2D eigenvalue weighted by atomic mass is 35.5. The van der Waals surface area contributed by atoms with Crippen molar-refractivity contribution >= 4 is 45.6 Å². The van der Waals surface area contributed by atoms with E-state index in [2.05, 4.69) is 22.5 Å². The molecule has 0 saturated heterocycles. The number of aromatic nitrogens is 1. The number of nitrogens with zero attached hydrogens (tertiary/aromatic N) is 1. The Labute approximate surface area is 166 Å². The number of hydrogen-bond donors (Lipinski definition) is 2. The number of hydrogen-bond acceptors (Lipinski definition) is 4. The van der Waals surface area contributed by atoms with E-state index < -0.39 is 0 Å². The first-order chi connectivity index (χ1) is 13.0. The summed E-state index contributed by atoms with van der Waals surface area (Å²) in [5, 5.41) is 8.35. The predicted molar refractivity (Wildman–Crippen MR) is 110 cm³/mol. The molecule has 3 aromatic rings. The number of thiazole rings is 1. The highest BCUT2D eigenvalue weighted by Gasteiger charge is 2.11. The van der Waals surface area contributed by atoms with Gasteiger partial charge in [0.2, 0.25) is 5.91 Å². The van der Waals surface area contributed by atoms with Crippen molar-refractivity contribution in [2.75, 3.05) is 10.6 Å². The van der Waals surface area contributed by atoms with Gasteiger partial charge in [0.15, 0.2) is 5.13 Å². The molecule has 1 aromatic heterocycles. The van der Waals surface area contributed by atoms with E-state index in [1.807, 2.05) is 24.3 Å². The predicted octanol–water partition coefficient (Wildman–Crippen LogP) is 4.79. The molecule has 1 heterocycles. The van der Waals surface area contributed by atoms with Crippen molar-refractivity contribution in [2.45, 2.75) is 19.8 Å². The fourth-order valence-electron chi connectivity index (χ4n) is 2.41. The van der Waals surface area contributed by atoms with Gasteiger partial charge in [0.1, 0.15) is 0 Å². The summed E-state index contributed by atoms with van der Waals surface area (Å²) in [6, 6.07) is 14.3. The molecule has 0 bridgehead atoms. The van der Waals surface area contributed by atoms with Crippen molar-refractivity contribution in [1.29, 1.82) is 0 Å². The molecule has 2 aromatic carbocycles. The summed E-state index contributed by atoms with van der Waals surface area (Å²) in [4.78, 5) is 28.7. The third-order valence-electron chi connectivity index (χ3n) is 3.87. The lowest BCUT2D eigenvalue weighted by atomic mass is 10.1. The van der Waals surface area contributed by atoms with Crippen LogP contribution in [0.2, 0.25) is 5.02 Å². The summed E-state index contributed by atoms with van der Waals surface area (Å²) in [6.45, 7) is 2.08. The molecule has 7 heteroatoms. The number of anilines is 2. The van der Waals surface area contributed by atoms with E-state index in [0.29, 0.717) is 21.4 Å². The van der Waals surface area contributed by atoms with Gasteiger partial charge in [-0.25, -0.2) is 4.98 Å². The molecule has 27 heavy (non-hydrogen) atoms. The van der Waals surface area contributed by atoms with Gasteiger partial charge in [0.05, 0.1) is 12.1 Å². The van der Waals surface area contributed by atoms with Crippen molar-refractivity contribution in [3.63, 3.8) is 0 Å². The molecular formula is C20H18ClN3O2S. The van der Waals surface area contributed by atoms with E-state index in [9.17, 15) is 9.59 Å². The maximum Gasteiger partial charge on any atom is 0.257 e. The SMILES string of the molecule is CCc1ccc(NC(=O)Cc2csc(NC(=O)c3ccc(Cl)cc3)n2)cc1. The number of amides is 2. The Bertz CT molecular complexity index is 937. The van der Waals surface area contributed by atoms with Crippen LogP contribution in [-0.2, 0) is 17.6 Å². The van der Waals surface area contributed by atoms with Gasteiger partial charge in [0.25, 0.3) is 5.91 Å². The van der Waals surface area contributed by atoms with Crippen molar-refractivity contribution in [3.8, 4) is 0 Å². The lowest BCUT2D eigenvalue weighted by Gasteiger charge is -2.05. The van der Waals surface area contributed by atoms with Crippen LogP contribution >= 0.6 is 22.9 Å². The molecule has 0 atom stereocenters. The number of aryl methyl sites for hydroxylation is 1. The maximum absolute atomic E-state index is 12.2.